The number of hydrogen-bond acceptors (Lipinski definition) is 1. The van der Waals surface area contributed by atoms with E-state index in [0.29, 0.717) is 0 Å². The van der Waals surface area contributed by atoms with Gasteiger partial charge in [0.05, 0.1) is 5.92 Å². The number of hydrogen-bond donors (Lipinski definition) is 1. The number of carboxylic acids is 1. The largest absolute Gasteiger partial charge is 0.481 e. The number of aliphatic carboxylic acids is 1. The van der Waals surface area contributed by atoms with Crippen LogP contribution in [0.2, 0.25) is 0 Å². The minimum Gasteiger partial charge on any atom is -0.481 e. The van der Waals surface area contributed by atoms with E-state index in [-0.39, 0.29) is 5.41 Å². The van der Waals surface area contributed by atoms with E-state index in [2.05, 4.69) is 26.8 Å². The Balaban J connectivity index is 2.91. The van der Waals surface area contributed by atoms with Crippen molar-refractivity contribution in [1.29, 1.82) is 0 Å². The van der Waals surface area contributed by atoms with Crippen LogP contribution in [-0.4, -0.2) is 11.1 Å². The fourth-order valence-electron chi connectivity index (χ4n) is 1.73. The van der Waals surface area contributed by atoms with Crippen LogP contribution in [-0.2, 0) is 11.2 Å². The van der Waals surface area contributed by atoms with E-state index >= 15 is 0 Å². The Hall–Kier alpha value is -1.31. The standard InChI is InChI=1S/C14H20O2/c1-10(13(15)16)12-7-5-6-11(8-12)9-14(2,3)4/h5-8,10H,9H2,1-4H3,(H,15,16). The molecule has 2 nitrogen and oxygen atoms in total. The molecule has 0 saturated heterocycles. The number of carboxylic acid groups (broad SMARTS) is 1. The lowest BCUT2D eigenvalue weighted by atomic mass is 9.87. The van der Waals surface area contributed by atoms with Crippen molar-refractivity contribution in [3.63, 3.8) is 0 Å². The third-order valence-electron chi connectivity index (χ3n) is 2.56. The molecule has 0 aliphatic carbocycles. The van der Waals surface area contributed by atoms with Crippen LogP contribution in [0.15, 0.2) is 24.3 Å². The summed E-state index contributed by atoms with van der Waals surface area (Å²) < 4.78 is 0. The van der Waals surface area contributed by atoms with E-state index in [1.165, 1.54) is 5.56 Å². The Morgan fingerprint density at radius 1 is 1.38 bits per heavy atom. The molecule has 1 N–H and O–H groups in total. The molecule has 0 spiro atoms. The fraction of sp³-hybridized carbons (Fsp3) is 0.500. The van der Waals surface area contributed by atoms with Crippen LogP contribution in [0.25, 0.3) is 0 Å². The number of benzene rings is 1. The van der Waals surface area contributed by atoms with Gasteiger partial charge in [-0.05, 0) is 29.9 Å². The lowest BCUT2D eigenvalue weighted by Gasteiger charge is -2.19. The third-order valence-corrected chi connectivity index (χ3v) is 2.56. The summed E-state index contributed by atoms with van der Waals surface area (Å²) in [5, 5.41) is 8.96. The first-order valence-corrected chi connectivity index (χ1v) is 5.61. The van der Waals surface area contributed by atoms with Gasteiger partial charge in [0.2, 0.25) is 0 Å². The summed E-state index contributed by atoms with van der Waals surface area (Å²) in [6.07, 6.45) is 0.965. The lowest BCUT2D eigenvalue weighted by molar-refractivity contribution is -0.138. The van der Waals surface area contributed by atoms with Crippen molar-refractivity contribution in [1.82, 2.24) is 0 Å². The Kier molecular flexibility index (Phi) is 3.74. The summed E-state index contributed by atoms with van der Waals surface area (Å²) in [7, 11) is 0. The van der Waals surface area contributed by atoms with Gasteiger partial charge in [-0.3, -0.25) is 4.79 Å². The van der Waals surface area contributed by atoms with Crippen molar-refractivity contribution < 1.29 is 9.90 Å². The van der Waals surface area contributed by atoms with Gasteiger partial charge in [0.25, 0.3) is 0 Å². The summed E-state index contributed by atoms with van der Waals surface area (Å²) in [5.74, 6) is -1.20. The van der Waals surface area contributed by atoms with Crippen LogP contribution in [0.1, 0.15) is 44.7 Å². The minimum atomic E-state index is -0.770. The topological polar surface area (TPSA) is 37.3 Å². The molecule has 1 rings (SSSR count). The minimum absolute atomic E-state index is 0.227. The molecule has 1 aromatic rings. The lowest BCUT2D eigenvalue weighted by Crippen LogP contribution is -2.11. The van der Waals surface area contributed by atoms with Crippen molar-refractivity contribution in [2.45, 2.75) is 40.0 Å². The molecular weight excluding hydrogens is 200 g/mol. The molecule has 2 heteroatoms. The summed E-state index contributed by atoms with van der Waals surface area (Å²) in [5.41, 5.74) is 2.32. The molecule has 0 heterocycles. The monoisotopic (exact) mass is 220 g/mol. The van der Waals surface area contributed by atoms with E-state index in [1.807, 2.05) is 18.2 Å². The maximum Gasteiger partial charge on any atom is 0.310 e. The predicted octanol–water partition coefficient (Wildman–Crippen LogP) is 3.46. The highest BCUT2D eigenvalue weighted by atomic mass is 16.4. The van der Waals surface area contributed by atoms with Gasteiger partial charge in [-0.25, -0.2) is 0 Å². The Morgan fingerprint density at radius 2 is 2.00 bits per heavy atom. The van der Waals surface area contributed by atoms with E-state index in [1.54, 1.807) is 6.92 Å². The molecule has 1 unspecified atom stereocenters. The summed E-state index contributed by atoms with van der Waals surface area (Å²) in [6.45, 7) is 8.26. The Labute approximate surface area is 97.3 Å². The van der Waals surface area contributed by atoms with Crippen LogP contribution in [0.4, 0.5) is 0 Å². The zero-order valence-corrected chi connectivity index (χ0v) is 10.4. The molecule has 0 amide bonds. The van der Waals surface area contributed by atoms with Crippen molar-refractivity contribution >= 4 is 5.97 Å². The SMILES string of the molecule is CC(C(=O)O)c1cccc(CC(C)(C)C)c1. The highest BCUT2D eigenvalue weighted by molar-refractivity contribution is 5.75. The van der Waals surface area contributed by atoms with Crippen LogP contribution in [0.3, 0.4) is 0 Å². The number of rotatable bonds is 3. The molecule has 0 saturated carbocycles. The highest BCUT2D eigenvalue weighted by Gasteiger charge is 2.15. The molecule has 0 radical (unpaired) electrons. The van der Waals surface area contributed by atoms with Crippen LogP contribution < -0.4 is 0 Å². The third kappa shape index (κ3) is 3.69. The second-order valence-corrected chi connectivity index (χ2v) is 5.54. The van der Waals surface area contributed by atoms with Crippen LogP contribution in [0.5, 0.6) is 0 Å². The molecule has 1 aromatic carbocycles. The molecule has 0 bridgehead atoms. The van der Waals surface area contributed by atoms with Gasteiger partial charge in [-0.2, -0.15) is 0 Å². The van der Waals surface area contributed by atoms with Gasteiger partial charge < -0.3 is 5.11 Å². The summed E-state index contributed by atoms with van der Waals surface area (Å²) in [4.78, 5) is 10.9. The predicted molar refractivity (Wildman–Crippen MR) is 65.7 cm³/mol. The highest BCUT2D eigenvalue weighted by Crippen LogP contribution is 2.23. The average Bonchev–Trinajstić information content (AvgIpc) is 2.14. The molecule has 0 fully saturated rings. The van der Waals surface area contributed by atoms with Crippen molar-refractivity contribution in [3.05, 3.63) is 35.4 Å². The quantitative estimate of drug-likeness (QED) is 0.847. The molecule has 0 aromatic heterocycles. The fourth-order valence-corrected chi connectivity index (χ4v) is 1.73. The average molecular weight is 220 g/mol. The zero-order valence-electron chi connectivity index (χ0n) is 10.4. The van der Waals surface area contributed by atoms with Gasteiger partial charge in [-0.15, -0.1) is 0 Å². The first kappa shape index (κ1) is 12.8. The maximum atomic E-state index is 10.9. The van der Waals surface area contributed by atoms with Gasteiger partial charge in [0.15, 0.2) is 0 Å². The van der Waals surface area contributed by atoms with Crippen LogP contribution in [0, 0.1) is 5.41 Å². The number of carbonyl (C=O) groups is 1. The Bertz CT molecular complexity index is 375. The second-order valence-electron chi connectivity index (χ2n) is 5.54. The van der Waals surface area contributed by atoms with E-state index in [4.69, 9.17) is 5.11 Å². The van der Waals surface area contributed by atoms with Gasteiger partial charge in [-0.1, -0.05) is 45.0 Å². The normalized spacial score (nSPS) is 13.5. The first-order chi connectivity index (χ1) is 7.29. The van der Waals surface area contributed by atoms with E-state index < -0.39 is 11.9 Å². The van der Waals surface area contributed by atoms with Crippen molar-refractivity contribution in [2.24, 2.45) is 5.41 Å². The smallest absolute Gasteiger partial charge is 0.310 e. The van der Waals surface area contributed by atoms with E-state index in [0.717, 1.165) is 12.0 Å². The summed E-state index contributed by atoms with van der Waals surface area (Å²) >= 11 is 0. The second kappa shape index (κ2) is 4.69. The molecular formula is C14H20O2. The maximum absolute atomic E-state index is 10.9. The molecule has 16 heavy (non-hydrogen) atoms. The molecule has 0 aliphatic heterocycles. The summed E-state index contributed by atoms with van der Waals surface area (Å²) in [6, 6.07) is 7.88. The first-order valence-electron chi connectivity index (χ1n) is 5.61. The van der Waals surface area contributed by atoms with Crippen LogP contribution >= 0.6 is 0 Å². The zero-order chi connectivity index (χ0) is 12.3. The van der Waals surface area contributed by atoms with E-state index in [9.17, 15) is 4.79 Å². The molecule has 0 aliphatic rings. The van der Waals surface area contributed by atoms with Gasteiger partial charge in [0, 0.05) is 0 Å². The van der Waals surface area contributed by atoms with Gasteiger partial charge in [0.1, 0.15) is 0 Å². The molecule has 1 atom stereocenters. The van der Waals surface area contributed by atoms with Gasteiger partial charge >= 0.3 is 5.97 Å². The molecule has 88 valence electrons. The van der Waals surface area contributed by atoms with Crippen molar-refractivity contribution in [3.8, 4) is 0 Å². The van der Waals surface area contributed by atoms with Crippen molar-refractivity contribution in [2.75, 3.05) is 0 Å². The Morgan fingerprint density at radius 3 is 2.50 bits per heavy atom.